The minimum Gasteiger partial charge on any atom is -0.491 e. The van der Waals surface area contributed by atoms with Gasteiger partial charge in [0.25, 0.3) is 5.69 Å². The summed E-state index contributed by atoms with van der Waals surface area (Å²) in [5.74, 6) is 0.626. The fourth-order valence-corrected chi connectivity index (χ4v) is 1.80. The fraction of sp³-hybridized carbons (Fsp3) is 0.308. The second kappa shape index (κ2) is 5.62. The predicted molar refractivity (Wildman–Crippen MR) is 72.6 cm³/mol. The zero-order chi connectivity index (χ0) is 13.8. The largest absolute Gasteiger partial charge is 0.491 e. The smallest absolute Gasteiger partial charge is 0.270 e. The molecule has 19 heavy (non-hydrogen) atoms. The van der Waals surface area contributed by atoms with Gasteiger partial charge in [0.05, 0.1) is 10.4 Å². The summed E-state index contributed by atoms with van der Waals surface area (Å²) < 4.78 is 5.65. The zero-order valence-electron chi connectivity index (χ0n) is 10.8. The number of ether oxygens (including phenoxy) is 1. The Hall–Kier alpha value is -2.21. The number of nitrogens with one attached hydrogen (secondary N) is 1. The summed E-state index contributed by atoms with van der Waals surface area (Å²) in [7, 11) is 1.84. The molecular weight excluding hydrogens is 246 g/mol. The summed E-state index contributed by atoms with van der Waals surface area (Å²) in [6.07, 6.45) is 0. The highest BCUT2D eigenvalue weighted by molar-refractivity contribution is 5.87. The Morgan fingerprint density at radius 3 is 2.89 bits per heavy atom. The lowest BCUT2D eigenvalue weighted by atomic mass is 10.1. The van der Waals surface area contributed by atoms with Gasteiger partial charge >= 0.3 is 0 Å². The number of pyridine rings is 1. The van der Waals surface area contributed by atoms with E-state index in [1.54, 1.807) is 12.1 Å². The molecule has 1 aromatic carbocycles. The highest BCUT2D eigenvalue weighted by Gasteiger charge is 2.11. The first-order valence-electron chi connectivity index (χ1n) is 5.95. The maximum atomic E-state index is 10.8. The molecule has 0 saturated heterocycles. The average Bonchev–Trinajstić information content (AvgIpc) is 2.38. The number of fused-ring (bicyclic) bond motifs is 1. The Morgan fingerprint density at radius 1 is 1.42 bits per heavy atom. The number of nitrogens with zero attached hydrogens (tertiary/aromatic N) is 2. The Kier molecular flexibility index (Phi) is 3.91. The highest BCUT2D eigenvalue weighted by Crippen LogP contribution is 2.28. The molecule has 0 fully saturated rings. The summed E-state index contributed by atoms with van der Waals surface area (Å²) in [5.41, 5.74) is 1.56. The molecule has 6 nitrogen and oxygen atoms in total. The van der Waals surface area contributed by atoms with Crippen molar-refractivity contribution >= 4 is 16.6 Å². The van der Waals surface area contributed by atoms with E-state index in [9.17, 15) is 10.1 Å². The number of rotatable bonds is 5. The summed E-state index contributed by atoms with van der Waals surface area (Å²) >= 11 is 0. The Labute approximate surface area is 110 Å². The van der Waals surface area contributed by atoms with Gasteiger partial charge in [-0.2, -0.15) is 0 Å². The molecular formula is C13H15N3O3. The topological polar surface area (TPSA) is 77.3 Å². The van der Waals surface area contributed by atoms with Gasteiger partial charge in [-0.3, -0.25) is 15.1 Å². The third-order valence-electron chi connectivity index (χ3n) is 2.70. The standard InChI is InChI=1S/C13H15N3O3/c1-9-7-13(19-6-5-14-2)11-8-10(16(17)18)3-4-12(11)15-9/h3-4,7-8,14H,5-6H2,1-2H3. The number of non-ortho nitro benzene ring substituents is 1. The summed E-state index contributed by atoms with van der Waals surface area (Å²) in [6, 6.07) is 6.38. The third kappa shape index (κ3) is 2.97. The van der Waals surface area contributed by atoms with Crippen molar-refractivity contribution in [2.75, 3.05) is 20.2 Å². The quantitative estimate of drug-likeness (QED) is 0.506. The average molecular weight is 261 g/mol. The first-order chi connectivity index (χ1) is 9.11. The number of nitro benzene ring substituents is 1. The molecule has 0 spiro atoms. The molecule has 0 aliphatic rings. The van der Waals surface area contributed by atoms with Gasteiger partial charge in [-0.05, 0) is 20.0 Å². The van der Waals surface area contributed by atoms with Crippen LogP contribution in [0.25, 0.3) is 10.9 Å². The van der Waals surface area contributed by atoms with E-state index in [4.69, 9.17) is 4.74 Å². The van der Waals surface area contributed by atoms with Crippen molar-refractivity contribution in [2.45, 2.75) is 6.92 Å². The van der Waals surface area contributed by atoms with Gasteiger partial charge < -0.3 is 10.1 Å². The van der Waals surface area contributed by atoms with Crippen LogP contribution in [-0.4, -0.2) is 30.1 Å². The van der Waals surface area contributed by atoms with Crippen molar-refractivity contribution in [3.05, 3.63) is 40.1 Å². The van der Waals surface area contributed by atoms with Crippen molar-refractivity contribution in [1.82, 2.24) is 10.3 Å². The van der Waals surface area contributed by atoms with Crippen LogP contribution in [0.4, 0.5) is 5.69 Å². The Morgan fingerprint density at radius 2 is 2.21 bits per heavy atom. The lowest BCUT2D eigenvalue weighted by Gasteiger charge is -2.09. The van der Waals surface area contributed by atoms with E-state index in [2.05, 4.69) is 10.3 Å². The molecule has 0 saturated carbocycles. The van der Waals surface area contributed by atoms with Gasteiger partial charge in [-0.15, -0.1) is 0 Å². The van der Waals surface area contributed by atoms with Crippen LogP contribution in [0.2, 0.25) is 0 Å². The Balaban J connectivity index is 2.46. The van der Waals surface area contributed by atoms with Crippen molar-refractivity contribution in [3.63, 3.8) is 0 Å². The highest BCUT2D eigenvalue weighted by atomic mass is 16.6. The van der Waals surface area contributed by atoms with E-state index in [1.165, 1.54) is 12.1 Å². The predicted octanol–water partition coefficient (Wildman–Crippen LogP) is 2.05. The van der Waals surface area contributed by atoms with Crippen LogP contribution in [0.3, 0.4) is 0 Å². The molecule has 0 bridgehead atoms. The van der Waals surface area contributed by atoms with E-state index >= 15 is 0 Å². The Bertz CT molecular complexity index is 613. The van der Waals surface area contributed by atoms with Crippen LogP contribution < -0.4 is 10.1 Å². The number of hydrogen-bond donors (Lipinski definition) is 1. The third-order valence-corrected chi connectivity index (χ3v) is 2.70. The monoisotopic (exact) mass is 261 g/mol. The van der Waals surface area contributed by atoms with Crippen LogP contribution in [-0.2, 0) is 0 Å². The number of likely N-dealkylation sites (N-methyl/N-ethyl adjacent to an activating group) is 1. The maximum Gasteiger partial charge on any atom is 0.270 e. The van der Waals surface area contributed by atoms with E-state index in [0.29, 0.717) is 29.8 Å². The number of hydrogen-bond acceptors (Lipinski definition) is 5. The van der Waals surface area contributed by atoms with Crippen LogP contribution in [0.15, 0.2) is 24.3 Å². The van der Waals surface area contributed by atoms with Gasteiger partial charge in [0, 0.05) is 35.8 Å². The SMILES string of the molecule is CNCCOc1cc(C)nc2ccc([N+](=O)[O-])cc12. The van der Waals surface area contributed by atoms with Crippen molar-refractivity contribution in [2.24, 2.45) is 0 Å². The summed E-state index contributed by atoms with van der Waals surface area (Å²) in [5, 5.41) is 14.5. The molecule has 1 N–H and O–H groups in total. The van der Waals surface area contributed by atoms with Gasteiger partial charge in [0.2, 0.25) is 0 Å². The maximum absolute atomic E-state index is 10.8. The number of nitro groups is 1. The van der Waals surface area contributed by atoms with Crippen LogP contribution in [0, 0.1) is 17.0 Å². The molecule has 6 heteroatoms. The van der Waals surface area contributed by atoms with E-state index in [-0.39, 0.29) is 5.69 Å². The first kappa shape index (κ1) is 13.2. The minimum absolute atomic E-state index is 0.0385. The second-order valence-electron chi connectivity index (χ2n) is 4.17. The number of aryl methyl sites for hydroxylation is 1. The fourth-order valence-electron chi connectivity index (χ4n) is 1.80. The van der Waals surface area contributed by atoms with Crippen LogP contribution in [0.1, 0.15) is 5.69 Å². The lowest BCUT2D eigenvalue weighted by Crippen LogP contribution is -2.16. The van der Waals surface area contributed by atoms with Crippen LogP contribution in [0.5, 0.6) is 5.75 Å². The van der Waals surface area contributed by atoms with Crippen molar-refractivity contribution < 1.29 is 9.66 Å². The molecule has 0 radical (unpaired) electrons. The van der Waals surface area contributed by atoms with Gasteiger partial charge in [-0.1, -0.05) is 0 Å². The van der Waals surface area contributed by atoms with Gasteiger partial charge in [-0.25, -0.2) is 0 Å². The molecule has 0 amide bonds. The van der Waals surface area contributed by atoms with Gasteiger partial charge in [0.1, 0.15) is 12.4 Å². The molecule has 0 aliphatic carbocycles. The van der Waals surface area contributed by atoms with E-state index in [1.807, 2.05) is 14.0 Å². The van der Waals surface area contributed by atoms with Crippen molar-refractivity contribution in [3.8, 4) is 5.75 Å². The molecule has 2 rings (SSSR count). The molecule has 0 unspecified atom stereocenters. The lowest BCUT2D eigenvalue weighted by molar-refractivity contribution is -0.384. The zero-order valence-corrected chi connectivity index (χ0v) is 10.8. The van der Waals surface area contributed by atoms with Crippen molar-refractivity contribution in [1.29, 1.82) is 0 Å². The molecule has 1 aromatic heterocycles. The molecule has 2 aromatic rings. The normalized spacial score (nSPS) is 10.6. The summed E-state index contributed by atoms with van der Waals surface area (Å²) in [4.78, 5) is 14.7. The number of benzene rings is 1. The molecule has 1 heterocycles. The van der Waals surface area contributed by atoms with E-state index < -0.39 is 4.92 Å². The molecule has 0 atom stereocenters. The van der Waals surface area contributed by atoms with Gasteiger partial charge in [0.15, 0.2) is 0 Å². The number of aromatic nitrogens is 1. The second-order valence-corrected chi connectivity index (χ2v) is 4.17. The summed E-state index contributed by atoms with van der Waals surface area (Å²) in [6.45, 7) is 3.07. The van der Waals surface area contributed by atoms with E-state index in [0.717, 1.165) is 5.69 Å². The van der Waals surface area contributed by atoms with Crippen LogP contribution >= 0.6 is 0 Å². The molecule has 100 valence electrons. The molecule has 0 aliphatic heterocycles. The minimum atomic E-state index is -0.420. The first-order valence-corrected chi connectivity index (χ1v) is 5.95.